The van der Waals surface area contributed by atoms with Gasteiger partial charge >= 0.3 is 0 Å². The predicted molar refractivity (Wildman–Crippen MR) is 82.0 cm³/mol. The van der Waals surface area contributed by atoms with Gasteiger partial charge in [-0.05, 0) is 37.0 Å². The van der Waals surface area contributed by atoms with Crippen molar-refractivity contribution in [3.05, 3.63) is 57.5 Å². The quantitative estimate of drug-likeness (QED) is 0.682. The molecule has 1 saturated carbocycles. The highest BCUT2D eigenvalue weighted by Crippen LogP contribution is 2.47. The Balaban J connectivity index is 1.53. The molecule has 0 radical (unpaired) electrons. The largest absolute Gasteiger partial charge is 0.273 e. The van der Waals surface area contributed by atoms with E-state index in [1.165, 1.54) is 23.4 Å². The minimum atomic E-state index is -0.260. The van der Waals surface area contributed by atoms with Gasteiger partial charge in [0.1, 0.15) is 0 Å². The first kappa shape index (κ1) is 13.9. The number of hydrazone groups is 1. The molecule has 0 unspecified atom stereocenters. The molecule has 1 heterocycles. The van der Waals surface area contributed by atoms with E-state index < -0.39 is 0 Å². The summed E-state index contributed by atoms with van der Waals surface area (Å²) in [5, 5.41) is 3.62. The molecule has 1 aliphatic carbocycles. The predicted octanol–water partition coefficient (Wildman–Crippen LogP) is 3.45. The Morgan fingerprint density at radius 3 is 2.76 bits per heavy atom. The number of hydrogen-bond donors (Lipinski definition) is 1. The Kier molecular flexibility index (Phi) is 3.84. The van der Waals surface area contributed by atoms with Gasteiger partial charge in [0.25, 0.3) is 0 Å². The van der Waals surface area contributed by atoms with Gasteiger partial charge in [-0.3, -0.25) is 4.79 Å². The maximum Gasteiger partial charge on any atom is 0.243 e. The number of amides is 1. The fourth-order valence-electron chi connectivity index (χ4n) is 2.31. The van der Waals surface area contributed by atoms with Crippen molar-refractivity contribution in [2.75, 3.05) is 0 Å². The van der Waals surface area contributed by atoms with E-state index in [9.17, 15) is 9.18 Å². The van der Waals surface area contributed by atoms with Crippen molar-refractivity contribution in [3.63, 3.8) is 0 Å². The molecule has 2 atom stereocenters. The Hall–Kier alpha value is -2.01. The molecule has 1 aromatic heterocycles. The van der Waals surface area contributed by atoms with Crippen molar-refractivity contribution in [2.24, 2.45) is 11.0 Å². The highest BCUT2D eigenvalue weighted by Gasteiger charge is 2.43. The van der Waals surface area contributed by atoms with Crippen LogP contribution in [0.1, 0.15) is 28.3 Å². The number of hydrogen-bond acceptors (Lipinski definition) is 3. The molecule has 1 fully saturated rings. The molecule has 1 amide bonds. The molecule has 5 heteroatoms. The second-order valence-corrected chi connectivity index (χ2v) is 6.30. The molecular weight excluding hydrogens is 287 g/mol. The summed E-state index contributed by atoms with van der Waals surface area (Å²) in [4.78, 5) is 12.6. The lowest BCUT2D eigenvalue weighted by Gasteiger charge is -2.01. The third kappa shape index (κ3) is 3.36. The number of thiophene rings is 1. The van der Waals surface area contributed by atoms with E-state index in [0.717, 1.165) is 17.8 Å². The average molecular weight is 302 g/mol. The van der Waals surface area contributed by atoms with Gasteiger partial charge in [-0.25, -0.2) is 5.43 Å². The van der Waals surface area contributed by atoms with E-state index in [0.29, 0.717) is 10.8 Å². The van der Waals surface area contributed by atoms with Crippen LogP contribution in [-0.2, 0) is 4.79 Å². The molecule has 1 aliphatic rings. The van der Waals surface area contributed by atoms with Crippen LogP contribution in [0.3, 0.4) is 0 Å². The van der Waals surface area contributed by atoms with Crippen LogP contribution in [0, 0.1) is 18.0 Å². The molecule has 0 bridgehead atoms. The second kappa shape index (κ2) is 5.77. The number of nitrogens with one attached hydrogen (secondary N) is 1. The van der Waals surface area contributed by atoms with Crippen molar-refractivity contribution in [3.8, 4) is 0 Å². The molecule has 21 heavy (non-hydrogen) atoms. The first-order valence-electron chi connectivity index (χ1n) is 6.78. The number of halogens is 1. The number of benzene rings is 1. The van der Waals surface area contributed by atoms with Gasteiger partial charge < -0.3 is 0 Å². The smallest absolute Gasteiger partial charge is 0.243 e. The lowest BCUT2D eigenvalue weighted by atomic mass is 10.1. The number of carbonyl (C=O) groups excluding carboxylic acids is 1. The van der Waals surface area contributed by atoms with Crippen molar-refractivity contribution in [2.45, 2.75) is 19.3 Å². The van der Waals surface area contributed by atoms with Crippen molar-refractivity contribution in [1.29, 1.82) is 0 Å². The molecule has 0 saturated heterocycles. The van der Waals surface area contributed by atoms with E-state index >= 15 is 0 Å². The molecule has 2 aromatic rings. The van der Waals surface area contributed by atoms with E-state index in [2.05, 4.69) is 34.8 Å². The Labute approximate surface area is 126 Å². The standard InChI is InChI=1S/C16H15FN2OS/c1-10-2-4-11(5-3-10)13-8-14(13)16(20)19-18-9-12-6-7-15(17)21-12/h2-7,9,13-14H,8H2,1H3,(H,19,20)/b18-9-/t13-,14+/m1/s1. The molecule has 1 aromatic carbocycles. The zero-order valence-electron chi connectivity index (χ0n) is 11.5. The summed E-state index contributed by atoms with van der Waals surface area (Å²) >= 11 is 0.995. The van der Waals surface area contributed by atoms with Gasteiger partial charge in [0, 0.05) is 5.92 Å². The van der Waals surface area contributed by atoms with E-state index in [1.807, 2.05) is 6.92 Å². The normalized spacial score (nSPS) is 20.7. The summed E-state index contributed by atoms with van der Waals surface area (Å²) in [6.45, 7) is 2.04. The second-order valence-electron chi connectivity index (χ2n) is 5.24. The third-order valence-corrected chi connectivity index (χ3v) is 4.40. The number of aryl methyl sites for hydroxylation is 1. The van der Waals surface area contributed by atoms with Crippen molar-refractivity contribution in [1.82, 2.24) is 5.43 Å². The molecule has 108 valence electrons. The SMILES string of the molecule is Cc1ccc([C@H]2C[C@@H]2C(=O)N/N=C\c2ccc(F)s2)cc1. The average Bonchev–Trinajstić information content (AvgIpc) is 3.16. The first-order valence-corrected chi connectivity index (χ1v) is 7.60. The third-order valence-electron chi connectivity index (χ3n) is 3.59. The van der Waals surface area contributed by atoms with Crippen LogP contribution in [0.15, 0.2) is 41.5 Å². The van der Waals surface area contributed by atoms with E-state index in [-0.39, 0.29) is 17.0 Å². The highest BCUT2D eigenvalue weighted by atomic mass is 32.1. The molecule has 3 nitrogen and oxygen atoms in total. The first-order chi connectivity index (χ1) is 10.1. The van der Waals surface area contributed by atoms with Gasteiger partial charge in [0.15, 0.2) is 5.13 Å². The van der Waals surface area contributed by atoms with Crippen LogP contribution in [0.5, 0.6) is 0 Å². The van der Waals surface area contributed by atoms with Gasteiger partial charge in [-0.15, -0.1) is 11.3 Å². The summed E-state index contributed by atoms with van der Waals surface area (Å²) < 4.78 is 12.8. The zero-order valence-corrected chi connectivity index (χ0v) is 12.4. The fourth-order valence-corrected chi connectivity index (χ4v) is 2.91. The molecule has 1 N–H and O–H groups in total. The fraction of sp³-hybridized carbons (Fsp3) is 0.250. The number of rotatable bonds is 4. The lowest BCUT2D eigenvalue weighted by Crippen LogP contribution is -2.19. The van der Waals surface area contributed by atoms with Gasteiger partial charge in [0.2, 0.25) is 5.91 Å². The van der Waals surface area contributed by atoms with Crippen LogP contribution >= 0.6 is 11.3 Å². The summed E-state index contributed by atoms with van der Waals surface area (Å²) in [6.07, 6.45) is 2.33. The topological polar surface area (TPSA) is 41.5 Å². The molecule has 3 rings (SSSR count). The maximum atomic E-state index is 12.8. The van der Waals surface area contributed by atoms with Crippen LogP contribution < -0.4 is 5.43 Å². The Morgan fingerprint density at radius 2 is 2.10 bits per heavy atom. The summed E-state index contributed by atoms with van der Waals surface area (Å²) in [6, 6.07) is 11.3. The van der Waals surface area contributed by atoms with Crippen LogP contribution in [0.25, 0.3) is 0 Å². The summed E-state index contributed by atoms with van der Waals surface area (Å²) in [5.41, 5.74) is 4.94. The molecular formula is C16H15FN2OS. The van der Waals surface area contributed by atoms with Crippen LogP contribution in [0.4, 0.5) is 4.39 Å². The Bertz CT molecular complexity index is 678. The van der Waals surface area contributed by atoms with Crippen LogP contribution in [-0.4, -0.2) is 12.1 Å². The highest BCUT2D eigenvalue weighted by molar-refractivity contribution is 7.12. The van der Waals surface area contributed by atoms with E-state index in [4.69, 9.17) is 0 Å². The summed E-state index contributed by atoms with van der Waals surface area (Å²) in [5.74, 6) is 0.207. The zero-order chi connectivity index (χ0) is 14.8. The number of nitrogens with zero attached hydrogens (tertiary/aromatic N) is 1. The van der Waals surface area contributed by atoms with Crippen molar-refractivity contribution < 1.29 is 9.18 Å². The molecule has 0 aliphatic heterocycles. The minimum absolute atomic E-state index is 0.00933. The lowest BCUT2D eigenvalue weighted by molar-refractivity contribution is -0.122. The van der Waals surface area contributed by atoms with Crippen LogP contribution in [0.2, 0.25) is 0 Å². The number of carbonyl (C=O) groups is 1. The maximum absolute atomic E-state index is 12.8. The monoisotopic (exact) mass is 302 g/mol. The summed E-state index contributed by atoms with van der Waals surface area (Å²) in [7, 11) is 0. The Morgan fingerprint density at radius 1 is 1.33 bits per heavy atom. The minimum Gasteiger partial charge on any atom is -0.273 e. The van der Waals surface area contributed by atoms with Gasteiger partial charge in [-0.2, -0.15) is 9.49 Å². The van der Waals surface area contributed by atoms with E-state index in [1.54, 1.807) is 6.07 Å². The molecule has 0 spiro atoms. The van der Waals surface area contributed by atoms with Gasteiger partial charge in [-0.1, -0.05) is 29.8 Å². The van der Waals surface area contributed by atoms with Crippen molar-refractivity contribution >= 4 is 23.5 Å². The van der Waals surface area contributed by atoms with Gasteiger partial charge in [0.05, 0.1) is 11.1 Å².